The Morgan fingerprint density at radius 2 is 0.862 bits per heavy atom. The molecule has 4 aliphatic heterocycles. The summed E-state index contributed by atoms with van der Waals surface area (Å²) in [5.41, 5.74) is -0.870. The molecule has 0 aliphatic carbocycles. The van der Waals surface area contributed by atoms with Crippen molar-refractivity contribution in [3.05, 3.63) is 121 Å². The molecule has 4 aromatic carbocycles. The third-order valence-corrected chi connectivity index (χ3v) is 23.4. The van der Waals surface area contributed by atoms with Crippen molar-refractivity contribution in [3.63, 3.8) is 0 Å². The second-order valence-electron chi connectivity index (χ2n) is 19.3. The summed E-state index contributed by atoms with van der Waals surface area (Å²) in [5, 5.41) is 13.0. The summed E-state index contributed by atoms with van der Waals surface area (Å²) in [6.07, 6.45) is 8.02. The molecule has 58 heavy (non-hydrogen) atoms. The second kappa shape index (κ2) is 16.5. The van der Waals surface area contributed by atoms with E-state index < -0.39 is 28.1 Å². The number of guanidine groups is 1. The van der Waals surface area contributed by atoms with Gasteiger partial charge in [-0.1, -0.05) is 163 Å². The third kappa shape index (κ3) is 7.91. The summed E-state index contributed by atoms with van der Waals surface area (Å²) >= 11 is 0. The van der Waals surface area contributed by atoms with E-state index in [1.165, 1.54) is 20.7 Å². The molecular formula is C49H66N3O4Si2+. The highest BCUT2D eigenvalue weighted by Crippen LogP contribution is 2.41. The van der Waals surface area contributed by atoms with Crippen LogP contribution in [0.15, 0.2) is 121 Å². The first-order chi connectivity index (χ1) is 27.9. The molecule has 4 aliphatic rings. The zero-order valence-electron chi connectivity index (χ0n) is 35.8. The molecule has 0 unspecified atom stereocenters. The van der Waals surface area contributed by atoms with Gasteiger partial charge in [0.25, 0.3) is 16.6 Å². The Bertz CT molecular complexity index is 1780. The highest BCUT2D eigenvalue weighted by molar-refractivity contribution is 7.00. The molecule has 2 fully saturated rings. The molecule has 4 heterocycles. The largest absolute Gasteiger partial charge is 0.405 e. The topological polar surface area (TPSA) is 64.0 Å². The van der Waals surface area contributed by atoms with Crippen LogP contribution in [0.3, 0.4) is 0 Å². The molecular weight excluding hydrogens is 751 g/mol. The van der Waals surface area contributed by atoms with Gasteiger partial charge in [0.15, 0.2) is 11.4 Å². The number of ether oxygens (including phenoxy) is 2. The van der Waals surface area contributed by atoms with Gasteiger partial charge < -0.3 is 18.3 Å². The number of benzene rings is 4. The molecule has 2 saturated heterocycles. The first kappa shape index (κ1) is 41.2. The molecule has 2 N–H and O–H groups in total. The lowest BCUT2D eigenvalue weighted by molar-refractivity contribution is -0.554. The Morgan fingerprint density at radius 3 is 1.17 bits per heavy atom. The number of rotatable bonds is 10. The van der Waals surface area contributed by atoms with Crippen molar-refractivity contribution >= 4 is 43.3 Å². The van der Waals surface area contributed by atoms with E-state index in [0.717, 1.165) is 70.4 Å². The fourth-order valence-corrected chi connectivity index (χ4v) is 19.7. The maximum atomic E-state index is 7.40. The summed E-state index contributed by atoms with van der Waals surface area (Å²) < 4.78 is 31.6. The van der Waals surface area contributed by atoms with Gasteiger partial charge in [0, 0.05) is 25.7 Å². The van der Waals surface area contributed by atoms with Gasteiger partial charge in [-0.3, -0.25) is 4.58 Å². The summed E-state index contributed by atoms with van der Waals surface area (Å²) in [5.74, 6) is 1.06. The van der Waals surface area contributed by atoms with E-state index in [1.54, 1.807) is 0 Å². The summed E-state index contributed by atoms with van der Waals surface area (Å²) in [6, 6.07) is 43.8. The van der Waals surface area contributed by atoms with Crippen LogP contribution in [-0.4, -0.2) is 77.1 Å². The highest BCUT2D eigenvalue weighted by atomic mass is 28.4. The van der Waals surface area contributed by atoms with E-state index in [0.29, 0.717) is 13.2 Å². The van der Waals surface area contributed by atoms with Gasteiger partial charge >= 0.3 is 5.96 Å². The van der Waals surface area contributed by atoms with Crippen LogP contribution in [0.5, 0.6) is 0 Å². The lowest BCUT2D eigenvalue weighted by Crippen LogP contribution is -2.71. The zero-order chi connectivity index (χ0) is 40.5. The van der Waals surface area contributed by atoms with Crippen LogP contribution in [0.1, 0.15) is 92.9 Å². The minimum Gasteiger partial charge on any atom is -0.405 e. The van der Waals surface area contributed by atoms with Crippen LogP contribution >= 0.6 is 0 Å². The predicted molar refractivity (Wildman–Crippen MR) is 241 cm³/mol. The smallest absolute Gasteiger partial charge is 0.350 e. The minimum atomic E-state index is -2.67. The monoisotopic (exact) mass is 816 g/mol. The van der Waals surface area contributed by atoms with Crippen LogP contribution in [-0.2, 0) is 18.3 Å². The second-order valence-corrected chi connectivity index (χ2v) is 27.9. The van der Waals surface area contributed by atoms with Crippen LogP contribution in [0.4, 0.5) is 0 Å². The fourth-order valence-electron chi connectivity index (χ4n) is 10.6. The summed E-state index contributed by atoms with van der Waals surface area (Å²) in [4.78, 5) is 0. The Hall–Kier alpha value is -3.58. The lowest BCUT2D eigenvalue weighted by Gasteiger charge is -2.48. The molecule has 0 radical (unpaired) electrons. The molecule has 0 aromatic heterocycles. The molecule has 0 amide bonds. The molecule has 2 spiro atoms. The number of nitrogens with zero attached hydrogens (tertiary/aromatic N) is 1. The van der Waals surface area contributed by atoms with Gasteiger partial charge in [-0.15, -0.1) is 0 Å². The molecule has 308 valence electrons. The standard InChI is InChI=1S/C49H65N3O4Si2/c1-46(2,3)57(41-23-11-7-12-24-41,42-25-13-8-14-26-42)53-37-39-21-19-31-48(55-39)33-35-52-36-34-49(51-45(52)50-48)32-20-22-40(56-49)38-54-58(47(4,5)6,43-27-15-9-16-28-43)44-29-17-10-18-30-44/h7-18,23-30,39-40H,19-22,31-38H2,1-6H3,(H,50,51)/p+1/t39-,40-,48-,49+/m0/s1. The van der Waals surface area contributed by atoms with Crippen molar-refractivity contribution < 1.29 is 22.9 Å². The summed E-state index contributed by atoms with van der Waals surface area (Å²) in [6.45, 7) is 17.1. The van der Waals surface area contributed by atoms with Gasteiger partial charge in [0.1, 0.15) is 0 Å². The molecule has 0 bridgehead atoms. The molecule has 8 rings (SSSR count). The molecule has 4 aromatic rings. The van der Waals surface area contributed by atoms with Crippen molar-refractivity contribution in [1.82, 2.24) is 10.6 Å². The number of nitrogens with one attached hydrogen (secondary N) is 2. The van der Waals surface area contributed by atoms with Crippen molar-refractivity contribution in [3.8, 4) is 0 Å². The zero-order valence-corrected chi connectivity index (χ0v) is 37.8. The first-order valence-corrected chi connectivity index (χ1v) is 25.7. The lowest BCUT2D eigenvalue weighted by atomic mass is 9.92. The fraction of sp³-hybridized carbons (Fsp3) is 0.490. The van der Waals surface area contributed by atoms with E-state index >= 15 is 0 Å². The van der Waals surface area contributed by atoms with Gasteiger partial charge in [-0.25, -0.2) is 10.6 Å². The average Bonchev–Trinajstić information content (AvgIpc) is 3.22. The third-order valence-electron chi connectivity index (χ3n) is 13.4. The van der Waals surface area contributed by atoms with E-state index in [4.69, 9.17) is 18.3 Å². The highest BCUT2D eigenvalue weighted by Gasteiger charge is 2.55. The average molecular weight is 817 g/mol. The maximum Gasteiger partial charge on any atom is 0.350 e. The maximum absolute atomic E-state index is 7.40. The minimum absolute atomic E-state index is 0.00142. The van der Waals surface area contributed by atoms with E-state index in [2.05, 4.69) is 178 Å². The Balaban J connectivity index is 0.971. The Morgan fingerprint density at radius 1 is 0.534 bits per heavy atom. The normalized spacial score (nSPS) is 25.6. The van der Waals surface area contributed by atoms with Crippen molar-refractivity contribution in [2.24, 2.45) is 0 Å². The predicted octanol–water partition coefficient (Wildman–Crippen LogP) is 7.03. The number of hydrogen-bond acceptors (Lipinski definition) is 6. The molecule has 7 nitrogen and oxygen atoms in total. The van der Waals surface area contributed by atoms with Gasteiger partial charge in [-0.2, -0.15) is 0 Å². The van der Waals surface area contributed by atoms with Crippen LogP contribution < -0.4 is 31.4 Å². The van der Waals surface area contributed by atoms with Crippen LogP contribution in [0, 0.1) is 0 Å². The van der Waals surface area contributed by atoms with E-state index in [9.17, 15) is 0 Å². The molecule has 4 atom stereocenters. The van der Waals surface area contributed by atoms with Gasteiger partial charge in [0.05, 0.1) is 38.5 Å². The quantitative estimate of drug-likeness (QED) is 0.133. The van der Waals surface area contributed by atoms with Gasteiger partial charge in [0.2, 0.25) is 0 Å². The van der Waals surface area contributed by atoms with Gasteiger partial charge in [-0.05, 0) is 56.5 Å². The van der Waals surface area contributed by atoms with E-state index in [1.807, 2.05) is 0 Å². The van der Waals surface area contributed by atoms with Crippen LogP contribution in [0.2, 0.25) is 10.1 Å². The Labute approximate surface area is 349 Å². The van der Waals surface area contributed by atoms with Crippen molar-refractivity contribution in [2.45, 2.75) is 127 Å². The van der Waals surface area contributed by atoms with Crippen LogP contribution in [0.25, 0.3) is 0 Å². The molecule has 0 saturated carbocycles. The van der Waals surface area contributed by atoms with E-state index in [-0.39, 0.29) is 22.3 Å². The summed E-state index contributed by atoms with van der Waals surface area (Å²) in [7, 11) is -5.35. The van der Waals surface area contributed by atoms with Crippen molar-refractivity contribution in [1.29, 1.82) is 0 Å². The van der Waals surface area contributed by atoms with Crippen molar-refractivity contribution in [2.75, 3.05) is 26.3 Å². The Kier molecular flexibility index (Phi) is 11.7. The molecule has 9 heteroatoms. The first-order valence-electron chi connectivity index (χ1n) is 21.9. The SMILES string of the molecule is CC(C)(C)[Si](OC[C@@H]1CCC[C@@]2(CC[N+]3=C(N2)N[C@@]2(CCC[C@@H](CO[Si](c4ccccc4)(c4ccccc4)C(C)(C)C)O2)CC3)O1)(c1ccccc1)c1ccccc1. The number of hydrogen-bond donors (Lipinski definition) is 2.